The van der Waals surface area contributed by atoms with E-state index < -0.39 is 0 Å². The van der Waals surface area contributed by atoms with E-state index in [1.54, 1.807) is 37.2 Å². The van der Waals surface area contributed by atoms with Crippen molar-refractivity contribution in [1.82, 2.24) is 14.5 Å². The maximum absolute atomic E-state index is 12.5. The van der Waals surface area contributed by atoms with E-state index in [0.29, 0.717) is 11.6 Å². The third kappa shape index (κ3) is 3.55. The molecule has 0 atom stereocenters. The third-order valence-corrected chi connectivity index (χ3v) is 5.07. The van der Waals surface area contributed by atoms with Crippen LogP contribution < -0.4 is 20.1 Å². The summed E-state index contributed by atoms with van der Waals surface area (Å²) in [5, 5.41) is 0. The van der Waals surface area contributed by atoms with Crippen molar-refractivity contribution in [3.05, 3.63) is 65.2 Å². The molecule has 0 N–H and O–H groups in total. The van der Waals surface area contributed by atoms with Crippen LogP contribution in [0.25, 0.3) is 11.3 Å². The molecule has 0 radical (unpaired) electrons. The molecular weight excluding hydrogens is 354 g/mol. The predicted octanol–water partition coefficient (Wildman–Crippen LogP) is 2.18. The number of rotatable bonds is 4. The van der Waals surface area contributed by atoms with Gasteiger partial charge in [-0.2, -0.15) is 0 Å². The van der Waals surface area contributed by atoms with Crippen molar-refractivity contribution in [2.75, 3.05) is 43.1 Å². The number of nitrogens with zero attached hydrogens (tertiary/aromatic N) is 5. The fraction of sp³-hybridized carbons (Fsp3) is 0.286. The van der Waals surface area contributed by atoms with Gasteiger partial charge in [-0.1, -0.05) is 6.07 Å². The molecule has 7 nitrogen and oxygen atoms in total. The molecule has 3 aromatic rings. The van der Waals surface area contributed by atoms with Gasteiger partial charge in [0.15, 0.2) is 0 Å². The van der Waals surface area contributed by atoms with Gasteiger partial charge in [0.2, 0.25) is 5.95 Å². The number of pyridine rings is 1. The van der Waals surface area contributed by atoms with Crippen LogP contribution >= 0.6 is 0 Å². The second-order valence-electron chi connectivity index (χ2n) is 6.75. The van der Waals surface area contributed by atoms with Gasteiger partial charge in [-0.25, -0.2) is 4.98 Å². The quantitative estimate of drug-likeness (QED) is 0.694. The Bertz CT molecular complexity index is 1010. The van der Waals surface area contributed by atoms with E-state index in [1.807, 2.05) is 30.3 Å². The minimum Gasteiger partial charge on any atom is -0.497 e. The first-order valence-corrected chi connectivity index (χ1v) is 9.28. The fourth-order valence-electron chi connectivity index (χ4n) is 3.45. The molecule has 28 heavy (non-hydrogen) atoms. The van der Waals surface area contributed by atoms with Crippen molar-refractivity contribution < 1.29 is 4.74 Å². The molecular formula is C21H23N5O2. The van der Waals surface area contributed by atoms with Crippen molar-refractivity contribution in [3.63, 3.8) is 0 Å². The highest BCUT2D eigenvalue weighted by molar-refractivity contribution is 5.60. The Labute approximate surface area is 163 Å². The van der Waals surface area contributed by atoms with Gasteiger partial charge in [-0.15, -0.1) is 0 Å². The van der Waals surface area contributed by atoms with Crippen LogP contribution in [-0.2, 0) is 7.05 Å². The Morgan fingerprint density at radius 1 is 0.964 bits per heavy atom. The van der Waals surface area contributed by atoms with Gasteiger partial charge in [0.25, 0.3) is 5.56 Å². The van der Waals surface area contributed by atoms with Gasteiger partial charge in [0.05, 0.1) is 12.8 Å². The molecule has 1 aromatic carbocycles. The largest absolute Gasteiger partial charge is 0.497 e. The van der Waals surface area contributed by atoms with Gasteiger partial charge >= 0.3 is 0 Å². The normalized spacial score (nSPS) is 14.2. The molecule has 4 rings (SSSR count). The minimum absolute atomic E-state index is 0.0629. The van der Waals surface area contributed by atoms with Crippen LogP contribution in [0.2, 0.25) is 0 Å². The molecule has 0 spiro atoms. The summed E-state index contributed by atoms with van der Waals surface area (Å²) in [5.41, 5.74) is 2.65. The molecule has 2 aromatic heterocycles. The van der Waals surface area contributed by atoms with Crippen LogP contribution in [0.3, 0.4) is 0 Å². The maximum Gasteiger partial charge on any atom is 0.255 e. The van der Waals surface area contributed by atoms with Crippen LogP contribution in [0, 0.1) is 0 Å². The van der Waals surface area contributed by atoms with Crippen molar-refractivity contribution in [3.8, 4) is 17.0 Å². The lowest BCUT2D eigenvalue weighted by Gasteiger charge is -2.37. The molecule has 1 saturated heterocycles. The molecule has 3 heterocycles. The summed E-state index contributed by atoms with van der Waals surface area (Å²) in [6, 6.07) is 13.4. The second kappa shape index (κ2) is 7.72. The van der Waals surface area contributed by atoms with Crippen molar-refractivity contribution in [2.24, 2.45) is 7.05 Å². The molecule has 0 amide bonds. The van der Waals surface area contributed by atoms with E-state index in [4.69, 9.17) is 9.72 Å². The summed E-state index contributed by atoms with van der Waals surface area (Å²) in [4.78, 5) is 25.8. The molecule has 0 saturated carbocycles. The summed E-state index contributed by atoms with van der Waals surface area (Å²) in [5.74, 6) is 1.55. The van der Waals surface area contributed by atoms with E-state index in [2.05, 4.69) is 20.9 Å². The number of hydrogen-bond acceptors (Lipinski definition) is 6. The molecule has 0 unspecified atom stereocenters. The summed E-state index contributed by atoms with van der Waals surface area (Å²) < 4.78 is 6.95. The highest BCUT2D eigenvalue weighted by atomic mass is 16.5. The second-order valence-corrected chi connectivity index (χ2v) is 6.75. The predicted molar refractivity (Wildman–Crippen MR) is 110 cm³/mol. The highest BCUT2D eigenvalue weighted by Gasteiger charge is 2.21. The van der Waals surface area contributed by atoms with Crippen LogP contribution in [0.15, 0.2) is 59.7 Å². The van der Waals surface area contributed by atoms with Gasteiger partial charge in [0, 0.05) is 69.0 Å². The number of benzene rings is 1. The van der Waals surface area contributed by atoms with Gasteiger partial charge in [-0.05, 0) is 24.3 Å². The Morgan fingerprint density at radius 2 is 1.68 bits per heavy atom. The van der Waals surface area contributed by atoms with Crippen LogP contribution in [0.1, 0.15) is 0 Å². The molecule has 144 valence electrons. The Balaban J connectivity index is 1.56. The maximum atomic E-state index is 12.5. The zero-order valence-electron chi connectivity index (χ0n) is 16.1. The first-order chi connectivity index (χ1) is 13.7. The van der Waals surface area contributed by atoms with Gasteiger partial charge < -0.3 is 14.5 Å². The Morgan fingerprint density at radius 3 is 2.39 bits per heavy atom. The number of methoxy groups -OCH3 is 1. The van der Waals surface area contributed by atoms with Crippen molar-refractivity contribution >= 4 is 11.6 Å². The first kappa shape index (κ1) is 18.0. The topological polar surface area (TPSA) is 63.5 Å². The monoisotopic (exact) mass is 377 g/mol. The van der Waals surface area contributed by atoms with E-state index in [9.17, 15) is 4.79 Å². The molecule has 7 heteroatoms. The van der Waals surface area contributed by atoms with Crippen LogP contribution in [0.4, 0.5) is 11.6 Å². The first-order valence-electron chi connectivity index (χ1n) is 9.28. The molecule has 1 fully saturated rings. The average Bonchev–Trinajstić information content (AvgIpc) is 2.76. The molecule has 0 aliphatic carbocycles. The Hall–Kier alpha value is -3.35. The SMILES string of the molecule is COc1cccc(N2CCN(c3nc(-c4ccncc4)cc(=O)n3C)CC2)c1. The summed E-state index contributed by atoms with van der Waals surface area (Å²) in [6.07, 6.45) is 3.42. The van der Waals surface area contributed by atoms with E-state index in [-0.39, 0.29) is 5.56 Å². The molecule has 1 aliphatic rings. The highest BCUT2D eigenvalue weighted by Crippen LogP contribution is 2.24. The number of ether oxygens (including phenoxy) is 1. The molecule has 0 bridgehead atoms. The van der Waals surface area contributed by atoms with Crippen LogP contribution in [-0.4, -0.2) is 47.8 Å². The van der Waals surface area contributed by atoms with Crippen molar-refractivity contribution in [1.29, 1.82) is 0 Å². The van der Waals surface area contributed by atoms with Gasteiger partial charge in [0.1, 0.15) is 5.75 Å². The molecule has 1 aliphatic heterocycles. The smallest absolute Gasteiger partial charge is 0.255 e. The zero-order chi connectivity index (χ0) is 19.5. The zero-order valence-corrected chi connectivity index (χ0v) is 16.1. The lowest BCUT2D eigenvalue weighted by atomic mass is 10.2. The van der Waals surface area contributed by atoms with E-state index in [1.165, 1.54) is 0 Å². The lowest BCUT2D eigenvalue weighted by Crippen LogP contribution is -2.48. The standard InChI is InChI=1S/C21H23N5O2/c1-24-20(27)15-19(16-6-8-22-9-7-16)23-21(24)26-12-10-25(11-13-26)17-4-3-5-18(14-17)28-2/h3-9,14-15H,10-13H2,1-2H3. The number of anilines is 2. The summed E-state index contributed by atoms with van der Waals surface area (Å²) in [6.45, 7) is 3.28. The number of piperazine rings is 1. The number of aromatic nitrogens is 3. The summed E-state index contributed by atoms with van der Waals surface area (Å²) >= 11 is 0. The van der Waals surface area contributed by atoms with E-state index in [0.717, 1.165) is 43.2 Å². The minimum atomic E-state index is -0.0629. The third-order valence-electron chi connectivity index (χ3n) is 5.07. The number of hydrogen-bond donors (Lipinski definition) is 0. The lowest BCUT2D eigenvalue weighted by molar-refractivity contribution is 0.414. The Kier molecular flexibility index (Phi) is 4.97. The van der Waals surface area contributed by atoms with Gasteiger partial charge in [-0.3, -0.25) is 14.3 Å². The van der Waals surface area contributed by atoms with E-state index >= 15 is 0 Å². The fourth-order valence-corrected chi connectivity index (χ4v) is 3.45. The van der Waals surface area contributed by atoms with Crippen molar-refractivity contribution in [2.45, 2.75) is 0 Å². The summed E-state index contributed by atoms with van der Waals surface area (Å²) in [7, 11) is 3.45. The average molecular weight is 377 g/mol. The van der Waals surface area contributed by atoms with Crippen LogP contribution in [0.5, 0.6) is 5.75 Å².